The Labute approximate surface area is 157 Å². The number of nitrogens with one attached hydrogen (secondary N) is 1. The van der Waals surface area contributed by atoms with Crippen LogP contribution in [0.25, 0.3) is 5.65 Å². The van der Waals surface area contributed by atoms with E-state index in [1.165, 1.54) is 5.56 Å². The lowest BCUT2D eigenvalue weighted by Gasteiger charge is -2.19. The number of benzene rings is 2. The molecule has 27 heavy (non-hydrogen) atoms. The summed E-state index contributed by atoms with van der Waals surface area (Å²) in [5, 5.41) is 16.5. The topological polar surface area (TPSA) is 69.2 Å². The number of fused-ring (bicyclic) bond motifs is 1. The molecule has 0 aliphatic carbocycles. The van der Waals surface area contributed by atoms with Crippen LogP contribution >= 0.6 is 0 Å². The fourth-order valence-corrected chi connectivity index (χ4v) is 2.87. The van der Waals surface area contributed by atoms with Crippen molar-refractivity contribution in [2.75, 3.05) is 17.3 Å². The Hall–Kier alpha value is -3.85. The first-order valence-corrected chi connectivity index (χ1v) is 8.60. The average Bonchev–Trinajstić information content (AvgIpc) is 3.10. The molecule has 0 amide bonds. The average molecular weight is 354 g/mol. The SMILES string of the molecule is CN(Cc1ccccc1)c1ccn2nc(Nc3ccc(C#N)cc3)nc2c1. The third-order valence-electron chi connectivity index (χ3n) is 4.29. The molecule has 0 unspecified atom stereocenters. The van der Waals surface area contributed by atoms with Gasteiger partial charge in [-0.3, -0.25) is 0 Å². The zero-order valence-electron chi connectivity index (χ0n) is 14.9. The monoisotopic (exact) mass is 354 g/mol. The van der Waals surface area contributed by atoms with Crippen molar-refractivity contribution in [3.63, 3.8) is 0 Å². The van der Waals surface area contributed by atoms with E-state index in [0.717, 1.165) is 23.6 Å². The van der Waals surface area contributed by atoms with Gasteiger partial charge in [0.1, 0.15) is 0 Å². The summed E-state index contributed by atoms with van der Waals surface area (Å²) in [7, 11) is 2.06. The third kappa shape index (κ3) is 3.72. The van der Waals surface area contributed by atoms with Crippen molar-refractivity contribution in [1.29, 1.82) is 5.26 Å². The molecular formula is C21H18N6. The van der Waals surface area contributed by atoms with Gasteiger partial charge in [-0.2, -0.15) is 10.2 Å². The molecule has 0 aliphatic rings. The minimum Gasteiger partial charge on any atom is -0.370 e. The second-order valence-corrected chi connectivity index (χ2v) is 6.28. The lowest BCUT2D eigenvalue weighted by atomic mass is 10.2. The van der Waals surface area contributed by atoms with Crippen LogP contribution in [0.15, 0.2) is 72.9 Å². The Morgan fingerprint density at radius 2 is 1.85 bits per heavy atom. The minimum atomic E-state index is 0.516. The van der Waals surface area contributed by atoms with Crippen molar-refractivity contribution in [3.05, 3.63) is 84.1 Å². The predicted octanol–water partition coefficient (Wildman–Crippen LogP) is 3.98. The van der Waals surface area contributed by atoms with E-state index in [9.17, 15) is 0 Å². The van der Waals surface area contributed by atoms with E-state index in [4.69, 9.17) is 5.26 Å². The van der Waals surface area contributed by atoms with Gasteiger partial charge in [0.15, 0.2) is 5.65 Å². The summed E-state index contributed by atoms with van der Waals surface area (Å²) in [4.78, 5) is 6.73. The molecule has 0 atom stereocenters. The van der Waals surface area contributed by atoms with Gasteiger partial charge in [-0.1, -0.05) is 30.3 Å². The molecule has 1 N–H and O–H groups in total. The first-order valence-electron chi connectivity index (χ1n) is 8.60. The molecule has 0 aliphatic heterocycles. The Morgan fingerprint density at radius 3 is 2.59 bits per heavy atom. The van der Waals surface area contributed by atoms with Crippen LogP contribution in [0.5, 0.6) is 0 Å². The number of aromatic nitrogens is 3. The number of nitrogens with zero attached hydrogens (tertiary/aromatic N) is 5. The van der Waals surface area contributed by atoms with Crippen molar-refractivity contribution in [2.24, 2.45) is 0 Å². The lowest BCUT2D eigenvalue weighted by molar-refractivity contribution is 0.910. The van der Waals surface area contributed by atoms with E-state index < -0.39 is 0 Å². The van der Waals surface area contributed by atoms with Crippen molar-refractivity contribution in [2.45, 2.75) is 6.54 Å². The lowest BCUT2D eigenvalue weighted by Crippen LogP contribution is -2.16. The highest BCUT2D eigenvalue weighted by Crippen LogP contribution is 2.20. The maximum absolute atomic E-state index is 8.87. The molecule has 0 saturated carbocycles. The molecule has 0 bridgehead atoms. The molecule has 6 nitrogen and oxygen atoms in total. The molecule has 132 valence electrons. The summed E-state index contributed by atoms with van der Waals surface area (Å²) < 4.78 is 1.74. The first kappa shape index (κ1) is 16.6. The number of hydrogen-bond donors (Lipinski definition) is 1. The summed E-state index contributed by atoms with van der Waals surface area (Å²) in [5.74, 6) is 0.516. The maximum Gasteiger partial charge on any atom is 0.247 e. The Bertz CT molecular complexity index is 1090. The number of hydrogen-bond acceptors (Lipinski definition) is 5. The first-order chi connectivity index (χ1) is 13.2. The fourth-order valence-electron chi connectivity index (χ4n) is 2.87. The van der Waals surface area contributed by atoms with Crippen LogP contribution in [-0.4, -0.2) is 21.6 Å². The summed E-state index contributed by atoms with van der Waals surface area (Å²) >= 11 is 0. The number of rotatable bonds is 5. The van der Waals surface area contributed by atoms with Gasteiger partial charge in [-0.25, -0.2) is 4.52 Å². The molecule has 2 aromatic heterocycles. The normalized spacial score (nSPS) is 10.5. The summed E-state index contributed by atoms with van der Waals surface area (Å²) in [6, 6.07) is 23.7. The summed E-state index contributed by atoms with van der Waals surface area (Å²) in [5.41, 5.74) is 4.55. The van der Waals surface area contributed by atoms with Crippen LogP contribution in [-0.2, 0) is 6.54 Å². The molecule has 4 aromatic rings. The number of anilines is 3. The smallest absolute Gasteiger partial charge is 0.247 e. The third-order valence-corrected chi connectivity index (χ3v) is 4.29. The van der Waals surface area contributed by atoms with Crippen LogP contribution in [0.1, 0.15) is 11.1 Å². The molecule has 0 spiro atoms. The van der Waals surface area contributed by atoms with E-state index in [0.29, 0.717) is 11.5 Å². The summed E-state index contributed by atoms with van der Waals surface area (Å²) in [6.45, 7) is 0.821. The quantitative estimate of drug-likeness (QED) is 0.587. The molecule has 0 radical (unpaired) electrons. The fraction of sp³-hybridized carbons (Fsp3) is 0.0952. The highest BCUT2D eigenvalue weighted by molar-refractivity contribution is 5.60. The van der Waals surface area contributed by atoms with E-state index in [1.807, 2.05) is 48.7 Å². The highest BCUT2D eigenvalue weighted by atomic mass is 15.3. The van der Waals surface area contributed by atoms with Crippen LogP contribution in [0.3, 0.4) is 0 Å². The molecule has 6 heteroatoms. The maximum atomic E-state index is 8.87. The number of nitriles is 1. The Morgan fingerprint density at radius 1 is 1.07 bits per heavy atom. The molecule has 0 fully saturated rings. The molecule has 4 rings (SSSR count). The zero-order valence-corrected chi connectivity index (χ0v) is 14.9. The Balaban J connectivity index is 1.53. The van der Waals surface area contributed by atoms with E-state index in [-0.39, 0.29) is 0 Å². The van der Waals surface area contributed by atoms with Gasteiger partial charge in [-0.05, 0) is 35.9 Å². The van der Waals surface area contributed by atoms with E-state index in [2.05, 4.69) is 45.5 Å². The number of pyridine rings is 1. The highest BCUT2D eigenvalue weighted by Gasteiger charge is 2.08. The van der Waals surface area contributed by atoms with Crippen molar-refractivity contribution < 1.29 is 0 Å². The van der Waals surface area contributed by atoms with Crippen molar-refractivity contribution in [1.82, 2.24) is 14.6 Å². The van der Waals surface area contributed by atoms with E-state index >= 15 is 0 Å². The molecular weight excluding hydrogens is 336 g/mol. The van der Waals surface area contributed by atoms with Crippen LogP contribution in [0.2, 0.25) is 0 Å². The minimum absolute atomic E-state index is 0.516. The van der Waals surface area contributed by atoms with Gasteiger partial charge in [0, 0.05) is 37.2 Å². The van der Waals surface area contributed by atoms with Gasteiger partial charge in [0.25, 0.3) is 0 Å². The van der Waals surface area contributed by atoms with Gasteiger partial charge >= 0.3 is 0 Å². The zero-order chi connectivity index (χ0) is 18.6. The molecule has 2 aromatic carbocycles. The Kier molecular flexibility index (Phi) is 4.42. The van der Waals surface area contributed by atoms with Crippen molar-refractivity contribution in [3.8, 4) is 6.07 Å². The van der Waals surface area contributed by atoms with Crippen LogP contribution in [0, 0.1) is 11.3 Å². The van der Waals surface area contributed by atoms with Gasteiger partial charge < -0.3 is 10.2 Å². The molecule has 0 saturated heterocycles. The second kappa shape index (κ2) is 7.18. The standard InChI is InChI=1S/C21H18N6/c1-26(15-17-5-3-2-4-6-17)19-11-12-27-20(13-19)24-21(25-27)23-18-9-7-16(14-22)8-10-18/h2-13H,15H2,1H3,(H,23,25). The van der Waals surface area contributed by atoms with E-state index in [1.54, 1.807) is 16.6 Å². The largest absolute Gasteiger partial charge is 0.370 e. The van der Waals surface area contributed by atoms with Crippen LogP contribution < -0.4 is 10.2 Å². The molecule has 2 heterocycles. The van der Waals surface area contributed by atoms with Crippen molar-refractivity contribution >= 4 is 23.0 Å². The second-order valence-electron chi connectivity index (χ2n) is 6.28. The predicted molar refractivity (Wildman–Crippen MR) is 106 cm³/mol. The van der Waals surface area contributed by atoms with Gasteiger partial charge in [0.2, 0.25) is 5.95 Å². The summed E-state index contributed by atoms with van der Waals surface area (Å²) in [6.07, 6.45) is 1.91. The van der Waals surface area contributed by atoms with Crippen LogP contribution in [0.4, 0.5) is 17.3 Å². The van der Waals surface area contributed by atoms with Gasteiger partial charge in [0.05, 0.1) is 11.6 Å². The van der Waals surface area contributed by atoms with Gasteiger partial charge in [-0.15, -0.1) is 5.10 Å².